The van der Waals surface area contributed by atoms with E-state index in [2.05, 4.69) is 22.6 Å². The first kappa shape index (κ1) is 10.5. The molecule has 0 spiro atoms. The highest BCUT2D eigenvalue weighted by Crippen LogP contribution is 2.25. The van der Waals surface area contributed by atoms with Gasteiger partial charge in [0.15, 0.2) is 5.78 Å². The number of ether oxygens (including phenoxy) is 1. The normalized spacial score (nSPS) is 9.85. The van der Waals surface area contributed by atoms with Gasteiger partial charge >= 0.3 is 0 Å². The lowest BCUT2D eigenvalue weighted by molar-refractivity contribution is 0.101. The fourth-order valence-corrected chi connectivity index (χ4v) is 2.07. The summed E-state index contributed by atoms with van der Waals surface area (Å²) in [6.45, 7) is 3.47. The molecular weight excluding hydrogens is 279 g/mol. The van der Waals surface area contributed by atoms with Crippen LogP contribution in [0.2, 0.25) is 0 Å². The minimum Gasteiger partial charge on any atom is -0.496 e. The number of methoxy groups -OCH3 is 1. The highest BCUT2D eigenvalue weighted by molar-refractivity contribution is 14.1. The molecule has 0 bridgehead atoms. The van der Waals surface area contributed by atoms with Crippen LogP contribution in [0.5, 0.6) is 5.75 Å². The zero-order valence-corrected chi connectivity index (χ0v) is 10.0. The van der Waals surface area contributed by atoms with Gasteiger partial charge in [0.2, 0.25) is 0 Å². The second-order valence-electron chi connectivity index (χ2n) is 2.86. The fourth-order valence-electron chi connectivity index (χ4n) is 1.32. The fraction of sp³-hybridized carbons (Fsp3) is 0.300. The number of carbonyl (C=O) groups is 1. The van der Waals surface area contributed by atoms with Crippen LogP contribution in [0.25, 0.3) is 0 Å². The molecule has 0 aromatic heterocycles. The quantitative estimate of drug-likeness (QED) is 0.618. The van der Waals surface area contributed by atoms with E-state index in [1.54, 1.807) is 14.0 Å². The number of rotatable bonds is 2. The average Bonchev–Trinajstić information content (AvgIpc) is 2.01. The number of aryl methyl sites for hydroxylation is 1. The topological polar surface area (TPSA) is 26.3 Å². The van der Waals surface area contributed by atoms with E-state index in [0.717, 1.165) is 9.13 Å². The summed E-state index contributed by atoms with van der Waals surface area (Å²) in [6.07, 6.45) is 0. The van der Waals surface area contributed by atoms with Crippen molar-refractivity contribution in [1.82, 2.24) is 0 Å². The van der Waals surface area contributed by atoms with E-state index < -0.39 is 0 Å². The van der Waals surface area contributed by atoms with Crippen LogP contribution in [0.3, 0.4) is 0 Å². The molecule has 0 radical (unpaired) electrons. The number of hydrogen-bond donors (Lipinski definition) is 0. The van der Waals surface area contributed by atoms with Gasteiger partial charge in [-0.15, -0.1) is 0 Å². The zero-order valence-electron chi connectivity index (χ0n) is 7.85. The third-order valence-electron chi connectivity index (χ3n) is 1.84. The predicted molar refractivity (Wildman–Crippen MR) is 60.5 cm³/mol. The Bertz CT molecular complexity index is 345. The van der Waals surface area contributed by atoms with Gasteiger partial charge in [0.05, 0.1) is 12.7 Å². The lowest BCUT2D eigenvalue weighted by Crippen LogP contribution is -2.01. The lowest BCUT2D eigenvalue weighted by atomic mass is 10.0. The van der Waals surface area contributed by atoms with Gasteiger partial charge < -0.3 is 4.74 Å². The Kier molecular flexibility index (Phi) is 3.30. The molecule has 0 aliphatic rings. The molecule has 2 nitrogen and oxygen atoms in total. The van der Waals surface area contributed by atoms with Gasteiger partial charge in [-0.3, -0.25) is 4.79 Å². The summed E-state index contributed by atoms with van der Waals surface area (Å²) in [5, 5.41) is 0. The van der Waals surface area contributed by atoms with E-state index >= 15 is 0 Å². The minimum absolute atomic E-state index is 0.0470. The van der Waals surface area contributed by atoms with E-state index in [9.17, 15) is 4.79 Å². The van der Waals surface area contributed by atoms with E-state index in [1.165, 1.54) is 0 Å². The molecule has 0 saturated heterocycles. The highest BCUT2D eigenvalue weighted by atomic mass is 127. The summed E-state index contributed by atoms with van der Waals surface area (Å²) in [7, 11) is 1.58. The second kappa shape index (κ2) is 4.09. The van der Waals surface area contributed by atoms with Gasteiger partial charge in [0.1, 0.15) is 5.75 Å². The number of hydrogen-bond acceptors (Lipinski definition) is 2. The van der Waals surface area contributed by atoms with Gasteiger partial charge in [0, 0.05) is 3.57 Å². The molecule has 13 heavy (non-hydrogen) atoms. The first-order valence-electron chi connectivity index (χ1n) is 3.91. The summed E-state index contributed by atoms with van der Waals surface area (Å²) in [6, 6.07) is 3.84. The minimum atomic E-state index is 0.0470. The summed E-state index contributed by atoms with van der Waals surface area (Å²) < 4.78 is 6.22. The van der Waals surface area contributed by atoms with Crippen molar-refractivity contribution >= 4 is 28.4 Å². The van der Waals surface area contributed by atoms with Crippen molar-refractivity contribution in [2.45, 2.75) is 13.8 Å². The summed E-state index contributed by atoms with van der Waals surface area (Å²) in [5.41, 5.74) is 1.65. The number of Topliss-reactive ketones (excluding diaryl/α,β-unsaturated/α-hetero) is 1. The monoisotopic (exact) mass is 290 g/mol. The van der Waals surface area contributed by atoms with Crippen LogP contribution >= 0.6 is 22.6 Å². The molecule has 0 fully saturated rings. The standard InChI is InChI=1S/C10H11IO2/c1-6-4-8(11)5-9(13-3)10(6)7(2)12/h4-5H,1-3H3. The van der Waals surface area contributed by atoms with Gasteiger partial charge in [-0.25, -0.2) is 0 Å². The van der Waals surface area contributed by atoms with Crippen LogP contribution in [0.4, 0.5) is 0 Å². The molecule has 3 heteroatoms. The molecule has 1 aromatic carbocycles. The van der Waals surface area contributed by atoms with Crippen LogP contribution in [0.15, 0.2) is 12.1 Å². The van der Waals surface area contributed by atoms with E-state index in [-0.39, 0.29) is 5.78 Å². The van der Waals surface area contributed by atoms with Crippen molar-refractivity contribution in [1.29, 1.82) is 0 Å². The van der Waals surface area contributed by atoms with Crippen molar-refractivity contribution in [2.75, 3.05) is 7.11 Å². The SMILES string of the molecule is COc1cc(I)cc(C)c1C(C)=O. The van der Waals surface area contributed by atoms with Gasteiger partial charge in [0.25, 0.3) is 0 Å². The molecule has 1 aromatic rings. The number of carbonyl (C=O) groups excluding carboxylic acids is 1. The summed E-state index contributed by atoms with van der Waals surface area (Å²) >= 11 is 2.20. The van der Waals surface area contributed by atoms with E-state index in [0.29, 0.717) is 11.3 Å². The third kappa shape index (κ3) is 2.21. The maximum Gasteiger partial charge on any atom is 0.163 e. The molecule has 0 saturated carbocycles. The molecule has 0 N–H and O–H groups in total. The van der Waals surface area contributed by atoms with Crippen molar-refractivity contribution < 1.29 is 9.53 Å². The Morgan fingerprint density at radius 2 is 2.08 bits per heavy atom. The molecule has 0 amide bonds. The maximum absolute atomic E-state index is 11.3. The Morgan fingerprint density at radius 3 is 2.54 bits per heavy atom. The molecule has 0 aliphatic heterocycles. The van der Waals surface area contributed by atoms with Crippen LogP contribution in [-0.4, -0.2) is 12.9 Å². The lowest BCUT2D eigenvalue weighted by Gasteiger charge is -2.09. The van der Waals surface area contributed by atoms with Crippen LogP contribution in [0.1, 0.15) is 22.8 Å². The Balaban J connectivity index is 3.38. The Morgan fingerprint density at radius 1 is 1.46 bits per heavy atom. The van der Waals surface area contributed by atoms with Gasteiger partial charge in [-0.05, 0) is 54.1 Å². The molecule has 0 heterocycles. The first-order valence-corrected chi connectivity index (χ1v) is 4.99. The van der Waals surface area contributed by atoms with E-state index in [1.807, 2.05) is 19.1 Å². The number of benzene rings is 1. The van der Waals surface area contributed by atoms with Crippen molar-refractivity contribution in [3.05, 3.63) is 26.8 Å². The van der Waals surface area contributed by atoms with Crippen molar-refractivity contribution in [2.24, 2.45) is 0 Å². The smallest absolute Gasteiger partial charge is 0.163 e. The average molecular weight is 290 g/mol. The molecule has 70 valence electrons. The van der Waals surface area contributed by atoms with Crippen LogP contribution in [0, 0.1) is 10.5 Å². The molecule has 0 atom stereocenters. The second-order valence-corrected chi connectivity index (χ2v) is 4.10. The largest absolute Gasteiger partial charge is 0.496 e. The van der Waals surface area contributed by atoms with Gasteiger partial charge in [-0.1, -0.05) is 0 Å². The molecule has 0 aliphatic carbocycles. The Hall–Kier alpha value is -0.580. The molecule has 1 rings (SSSR count). The Labute approximate surface area is 91.4 Å². The molecular formula is C10H11IO2. The predicted octanol–water partition coefficient (Wildman–Crippen LogP) is 2.81. The third-order valence-corrected chi connectivity index (χ3v) is 2.46. The van der Waals surface area contributed by atoms with Crippen LogP contribution in [-0.2, 0) is 0 Å². The van der Waals surface area contributed by atoms with Crippen molar-refractivity contribution in [3.63, 3.8) is 0 Å². The first-order chi connectivity index (χ1) is 6.06. The number of ketones is 1. The number of halogens is 1. The van der Waals surface area contributed by atoms with E-state index in [4.69, 9.17) is 4.74 Å². The summed E-state index contributed by atoms with van der Waals surface area (Å²) in [5.74, 6) is 0.711. The zero-order chi connectivity index (χ0) is 10.0. The summed E-state index contributed by atoms with van der Waals surface area (Å²) in [4.78, 5) is 11.3. The van der Waals surface area contributed by atoms with Crippen molar-refractivity contribution in [3.8, 4) is 5.75 Å². The van der Waals surface area contributed by atoms with Crippen LogP contribution < -0.4 is 4.74 Å². The van der Waals surface area contributed by atoms with Gasteiger partial charge in [-0.2, -0.15) is 0 Å². The maximum atomic E-state index is 11.3. The molecule has 0 unspecified atom stereocenters. The highest BCUT2D eigenvalue weighted by Gasteiger charge is 2.11.